The van der Waals surface area contributed by atoms with Crippen LogP contribution < -0.4 is 49.0 Å². The molecule has 6 aromatic heterocycles. The van der Waals surface area contributed by atoms with Gasteiger partial charge in [-0.1, -0.05) is 155 Å². The molecule has 0 bridgehead atoms. The second-order valence-corrected chi connectivity index (χ2v) is 25.1. The molecule has 2 atom stereocenters. The van der Waals surface area contributed by atoms with Gasteiger partial charge in [0, 0.05) is 82.8 Å². The van der Waals surface area contributed by atoms with Crippen LogP contribution in [0.3, 0.4) is 0 Å². The third kappa shape index (κ3) is 31.4. The van der Waals surface area contributed by atoms with E-state index in [9.17, 15) is 52.7 Å². The van der Waals surface area contributed by atoms with Gasteiger partial charge in [-0.2, -0.15) is 19.8 Å². The van der Waals surface area contributed by atoms with Crippen LogP contribution in [-0.4, -0.2) is 123 Å². The maximum atomic E-state index is 10.9. The zero-order valence-corrected chi connectivity index (χ0v) is 57.0. The number of amides is 7. The number of nitrogens with one attached hydrogen (secondary N) is 12. The largest absolute Gasteiger partial charge is 0.383 e. The van der Waals surface area contributed by atoms with Crippen LogP contribution in [0.4, 0.5) is 9.59 Å². The zero-order valence-electron chi connectivity index (χ0n) is 55.4. The van der Waals surface area contributed by atoms with Crippen LogP contribution in [0.1, 0.15) is 208 Å². The summed E-state index contributed by atoms with van der Waals surface area (Å²) in [5.41, 5.74) is 3.44. The Kier molecular flexibility index (Phi) is 35.8. The normalized spacial score (nSPS) is 15.3. The van der Waals surface area contributed by atoms with Crippen LogP contribution in [0, 0.1) is 23.7 Å². The summed E-state index contributed by atoms with van der Waals surface area (Å²) in [7, 11) is 0. The minimum Gasteiger partial charge on any atom is -0.383 e. The Morgan fingerprint density at radius 2 is 1.27 bits per heavy atom. The number of thioether (sulfide) groups is 1. The van der Waals surface area contributed by atoms with E-state index in [1.807, 2.05) is 111 Å². The molecule has 0 spiro atoms. The molecule has 4 aliphatic heterocycles. The van der Waals surface area contributed by atoms with Crippen molar-refractivity contribution in [2.24, 2.45) is 23.7 Å². The number of allylic oxidation sites excluding steroid dienone is 1. The van der Waals surface area contributed by atoms with E-state index >= 15 is 0 Å². The highest BCUT2D eigenvalue weighted by Crippen LogP contribution is 2.25. The molecule has 6 aromatic rings. The van der Waals surface area contributed by atoms with Gasteiger partial charge in [-0.25, -0.2) is 24.5 Å². The molecule has 2 fully saturated rings. The first-order chi connectivity index (χ1) is 42.4. The van der Waals surface area contributed by atoms with Crippen LogP contribution in [-0.2, 0) is 24.0 Å². The average Bonchev–Trinajstić information content (AvgIpc) is 2.10. The maximum Gasteiger partial charge on any atom is 0.357 e. The Balaban J connectivity index is 0.000000506. The molecule has 2 saturated heterocycles. The number of hydrogen-bond acceptors (Lipinski definition) is 22. The summed E-state index contributed by atoms with van der Waals surface area (Å²) in [6, 6.07) is 2.20. The van der Waals surface area contributed by atoms with Crippen LogP contribution in [0.2, 0.25) is 0 Å². The molecule has 31 nitrogen and oxygen atoms in total. The first-order valence-corrected chi connectivity index (χ1v) is 31.1. The number of imide groups is 3. The molecule has 10 heterocycles. The summed E-state index contributed by atoms with van der Waals surface area (Å²) in [6.07, 6.45) is 6.26. The van der Waals surface area contributed by atoms with E-state index in [4.69, 9.17) is 4.52 Å². The topological polar surface area (TPSA) is 462 Å². The molecule has 12 N–H and O–H groups in total. The molecule has 7 amide bonds. The van der Waals surface area contributed by atoms with E-state index in [1.54, 1.807) is 12.3 Å². The quantitative estimate of drug-likeness (QED) is 0.0486. The van der Waals surface area contributed by atoms with Gasteiger partial charge in [0.05, 0.1) is 17.5 Å². The number of carbonyl (C=O) groups is 7. The second-order valence-electron chi connectivity index (χ2n) is 23.4. The second kappa shape index (κ2) is 40.7. The molecule has 91 heavy (non-hydrogen) atoms. The summed E-state index contributed by atoms with van der Waals surface area (Å²) in [5, 5.41) is 36.2. The van der Waals surface area contributed by atoms with E-state index in [0.29, 0.717) is 53.2 Å². The first-order valence-electron chi connectivity index (χ1n) is 29.4. The van der Waals surface area contributed by atoms with Gasteiger partial charge in [0.2, 0.25) is 5.91 Å². The number of hydrogen-bond donors (Lipinski definition) is 12. The smallest absolute Gasteiger partial charge is 0.357 e. The monoisotopic (exact) mass is 1310 g/mol. The van der Waals surface area contributed by atoms with Crippen LogP contribution in [0.5, 0.6) is 0 Å². The summed E-state index contributed by atoms with van der Waals surface area (Å²) in [5.74, 6) is 4.74. The Bertz CT molecular complexity index is 3260. The summed E-state index contributed by atoms with van der Waals surface area (Å²) in [6.45, 7) is 40.0. The average molecular weight is 1310 g/mol. The van der Waals surface area contributed by atoms with Crippen molar-refractivity contribution in [3.8, 4) is 0 Å². The van der Waals surface area contributed by atoms with Crippen molar-refractivity contribution >= 4 is 64.2 Å². The summed E-state index contributed by atoms with van der Waals surface area (Å²) in [4.78, 5) is 126. The number of rotatable bonds is 10. The Morgan fingerprint density at radius 1 is 0.626 bits per heavy atom. The summed E-state index contributed by atoms with van der Waals surface area (Å²) >= 11 is 2.19. The number of aromatic nitrogens is 13. The predicted octanol–water partition coefficient (Wildman–Crippen LogP) is 6.98. The molecule has 0 radical (unpaired) electrons. The fraction of sp³-hybridized carbons (Fsp3) is 0.569. The number of imidazole rings is 1. The van der Waals surface area contributed by atoms with Crippen molar-refractivity contribution in [2.45, 2.75) is 185 Å². The lowest BCUT2D eigenvalue weighted by atomic mass is 10.0. The lowest BCUT2D eigenvalue weighted by Crippen LogP contribution is -2.33. The predicted molar refractivity (Wildman–Crippen MR) is 345 cm³/mol. The Morgan fingerprint density at radius 3 is 1.49 bits per heavy atom. The third-order valence-electron chi connectivity index (χ3n) is 12.0. The fourth-order valence-electron chi connectivity index (χ4n) is 6.70. The van der Waals surface area contributed by atoms with Gasteiger partial charge in [-0.15, -0.1) is 10.2 Å². The molecule has 0 aliphatic carbocycles. The molecule has 10 rings (SSSR count). The van der Waals surface area contributed by atoms with Gasteiger partial charge in [-0.3, -0.25) is 63.8 Å². The Labute approximate surface area is 535 Å². The van der Waals surface area contributed by atoms with Crippen molar-refractivity contribution in [1.29, 1.82) is 0 Å². The highest BCUT2D eigenvalue weighted by Gasteiger charge is 2.34. The fourth-order valence-corrected chi connectivity index (χ4v) is 8.16. The highest BCUT2D eigenvalue weighted by molar-refractivity contribution is 8.15. The van der Waals surface area contributed by atoms with Gasteiger partial charge >= 0.3 is 17.3 Å². The maximum absolute atomic E-state index is 10.9. The van der Waals surface area contributed by atoms with Crippen LogP contribution >= 0.6 is 23.5 Å². The molecule has 504 valence electrons. The molecular weight excluding hydrogens is 1220 g/mol. The van der Waals surface area contributed by atoms with Crippen molar-refractivity contribution < 1.29 is 42.6 Å². The lowest BCUT2D eigenvalue weighted by Gasteiger charge is -2.09. The molecule has 2 unspecified atom stereocenters. The van der Waals surface area contributed by atoms with Crippen molar-refractivity contribution in [1.82, 2.24) is 91.4 Å². The van der Waals surface area contributed by atoms with Gasteiger partial charge in [0.15, 0.2) is 11.6 Å². The van der Waals surface area contributed by atoms with Gasteiger partial charge in [-0.05, 0) is 35.5 Å². The molecule has 33 heteroatoms. The third-order valence-corrected chi connectivity index (χ3v) is 13.9. The minimum atomic E-state index is -0.385. The molecule has 0 aromatic carbocycles. The number of ketones is 1. The van der Waals surface area contributed by atoms with Crippen molar-refractivity contribution in [2.75, 3.05) is 6.54 Å². The molecular formula is C58H92N18O13S2. The number of tetrazole rings is 1. The van der Waals surface area contributed by atoms with Crippen LogP contribution in [0.25, 0.3) is 0 Å². The summed E-state index contributed by atoms with van der Waals surface area (Å²) < 4.78 is 15.6. The van der Waals surface area contributed by atoms with Gasteiger partial charge in [0.25, 0.3) is 34.1 Å². The Hall–Kier alpha value is -8.88. The molecule has 4 aliphatic rings. The number of aromatic amines is 7. The first kappa shape index (κ1) is 80.1. The van der Waals surface area contributed by atoms with Crippen molar-refractivity contribution in [3.63, 3.8) is 0 Å². The minimum absolute atomic E-state index is 0.0463. The number of nitrogens with zero attached hydrogens (tertiary/aromatic N) is 6. The van der Waals surface area contributed by atoms with E-state index in [1.165, 1.54) is 24.5 Å². The lowest BCUT2D eigenvalue weighted by molar-refractivity contribution is -0.124. The van der Waals surface area contributed by atoms with E-state index in [-0.39, 0.29) is 104 Å². The number of urea groups is 1. The number of carbonyl (C=O) groups excluding carboxylic acids is 7. The van der Waals surface area contributed by atoms with Gasteiger partial charge in [0.1, 0.15) is 29.6 Å². The van der Waals surface area contributed by atoms with Crippen molar-refractivity contribution in [3.05, 3.63) is 124 Å². The zero-order chi connectivity index (χ0) is 69.4. The highest BCUT2D eigenvalue weighted by atomic mass is 32.2. The molecule has 0 saturated carbocycles. The van der Waals surface area contributed by atoms with Crippen LogP contribution in [0.15, 0.2) is 76.3 Å². The van der Waals surface area contributed by atoms with E-state index < -0.39 is 0 Å². The van der Waals surface area contributed by atoms with Gasteiger partial charge < -0.3 is 29.6 Å². The SMILES string of the molecule is CC(C)C1=CC(=O)CN1.CC(C)C1=CC(=O)NC1=O.CC(C)C1NC(=O)NC1=O.CC(C)C1SC(=O)NC1=O.CC(C)c1c[nH]c(=O)[nH]1.CC(C)c1cc(=O)[nH]o1.CC(C)c1cc(=O)o[nH]1.CC(C)c1ncn[nH]1.CC(C)c1nn[nH]n1.CC(C)c1ns[nH]c1=O. The standard InChI is InChI=1S/C7H9NO2.C7H11NO.C6H10N2O2.C6H10N2O.C6H9NO2S.2C6H9NO2.C5H9N3.C5H8N2OS.C4H8N4/c1-4(2)5-3-6(9)8-7(5)10;1-5(2)7-3-6(9)4-8-7;1-3(2)4-5(9)8-6(10)7-4;1-4(2)5-3-7-6(9)8-5;1-3(2)4-5(8)7-6(9)10-4;1-4(2)5-3-6(8)7-9-5;1-4(2)5-3-6(8)9-7-5;1-4(2)5-6-3-7-8-5;1-3(2)4-5(8)7-9-6-4;1-3(2)4-5-7-8-6-4/h3-4H,1-2H3,(H,8,9,10);3,5,8H,4H2,1-2H3;3-4H,1-2H3,(H2,7,8,9,10);3-4H,1-2H3,(H2,7,8,9);3-4H,1-2H3,(H,7,8,9);3-4H,1-2H3,(H,7,8);3-4,7H,1-2H3;3-4H,1-2H3,(H,6,7,8);3H,1-2H3,(H,7,8);3H,1-2H3,(H,5,6,7,8). The van der Waals surface area contributed by atoms with E-state index in [0.717, 1.165) is 52.2 Å². The number of H-pyrrole nitrogens is 7. The van der Waals surface area contributed by atoms with E-state index in [2.05, 4.69) is 124 Å².